The van der Waals surface area contributed by atoms with Gasteiger partial charge in [0.2, 0.25) is 0 Å². The minimum absolute atomic E-state index is 0.167. The number of rotatable bonds is 1. The van der Waals surface area contributed by atoms with Gasteiger partial charge in [0, 0.05) is 0 Å². The van der Waals surface area contributed by atoms with Gasteiger partial charge in [-0.05, 0) is 39.2 Å². The van der Waals surface area contributed by atoms with E-state index in [0.717, 1.165) is 6.42 Å². The Morgan fingerprint density at radius 2 is 1.08 bits per heavy atom. The molecular formula is C52H68Zr-4. The molecule has 1 heteroatoms. The van der Waals surface area contributed by atoms with E-state index in [1.807, 2.05) is 24.3 Å². The van der Waals surface area contributed by atoms with Gasteiger partial charge in [0.1, 0.15) is 0 Å². The monoisotopic (exact) mass is 782 g/mol. The van der Waals surface area contributed by atoms with Gasteiger partial charge in [-0.25, -0.2) is 5.57 Å². The van der Waals surface area contributed by atoms with Crippen LogP contribution in [-0.2, 0) is 52.3 Å². The van der Waals surface area contributed by atoms with Gasteiger partial charge in [-0.2, -0.15) is 107 Å². The average molecular weight is 784 g/mol. The SMILES string of the molecule is CC(C)(C)c1[c-]c2c(cc1)-c1ccc(C(C)(C)C)cc1C2.CC(C)(C)c1cc[c-]cc1.CC(C)(C)c1cc[c-]cc1.CC1=[C-]C(C)C=C1C(C)C.[CH2]=[Zr]. The van der Waals surface area contributed by atoms with Gasteiger partial charge in [0.05, 0.1) is 0 Å². The van der Waals surface area contributed by atoms with E-state index in [1.165, 1.54) is 79.9 Å². The number of allylic oxidation sites excluding steroid dienone is 4. The predicted molar refractivity (Wildman–Crippen MR) is 231 cm³/mol. The Kier molecular flexibility index (Phi) is 17.1. The predicted octanol–water partition coefficient (Wildman–Crippen LogP) is 14.2. The normalized spacial score (nSPS) is 14.7. The summed E-state index contributed by atoms with van der Waals surface area (Å²) in [6.45, 7) is 35.7. The van der Waals surface area contributed by atoms with E-state index < -0.39 is 0 Å². The second-order valence-corrected chi connectivity index (χ2v) is 18.7. The molecule has 0 spiro atoms. The van der Waals surface area contributed by atoms with Crippen molar-refractivity contribution in [3.8, 4) is 11.1 Å². The van der Waals surface area contributed by atoms with Crippen LogP contribution in [0.3, 0.4) is 0 Å². The summed E-state index contributed by atoms with van der Waals surface area (Å²) in [5, 5.41) is 0. The van der Waals surface area contributed by atoms with Crippen molar-refractivity contribution in [2.24, 2.45) is 11.8 Å². The minimum atomic E-state index is 0.167. The van der Waals surface area contributed by atoms with Crippen LogP contribution >= 0.6 is 0 Å². The second-order valence-electron chi connectivity index (χ2n) is 18.7. The third-order valence-electron chi connectivity index (χ3n) is 9.56. The Hall–Kier alpha value is -2.89. The van der Waals surface area contributed by atoms with Crippen LogP contribution in [0.4, 0.5) is 0 Å². The number of benzene rings is 4. The first-order chi connectivity index (χ1) is 24.5. The van der Waals surface area contributed by atoms with Crippen LogP contribution < -0.4 is 0 Å². The van der Waals surface area contributed by atoms with Crippen molar-refractivity contribution >= 4 is 4.21 Å². The van der Waals surface area contributed by atoms with Gasteiger partial charge in [0.15, 0.2) is 0 Å². The van der Waals surface area contributed by atoms with Crippen molar-refractivity contribution in [2.75, 3.05) is 0 Å². The van der Waals surface area contributed by atoms with Gasteiger partial charge >= 0.3 is 28.4 Å². The molecule has 0 amide bonds. The molecule has 1 atom stereocenters. The summed E-state index contributed by atoms with van der Waals surface area (Å²) in [4.78, 5) is 0. The molecule has 0 aromatic heterocycles. The quantitative estimate of drug-likeness (QED) is 0.149. The standard InChI is InChI=1S/C21H25.C10H15.2C10H13.CH2.Zr/c1-20(2,3)16-7-9-18-14(12-16)11-15-13-17(21(4,5)6)8-10-19(15)18;1-7(2)10-6-8(3)5-9(10)4;2*1-10(2,3)9-7-5-4-6-8-9;;/h7-10,12H,11H2,1-6H3;6-8H,1-4H3;2*5-8H,1-3H3;1H2;/q4*-1;;. The molecule has 2 aliphatic rings. The molecule has 284 valence electrons. The van der Waals surface area contributed by atoms with Crippen LogP contribution in [0.15, 0.2) is 96.1 Å². The van der Waals surface area contributed by atoms with Crippen molar-refractivity contribution in [2.45, 2.75) is 139 Å². The molecule has 0 radical (unpaired) electrons. The van der Waals surface area contributed by atoms with Gasteiger partial charge in [-0.15, -0.1) is 11.1 Å². The zero-order valence-electron chi connectivity index (χ0n) is 36.2. The maximum absolute atomic E-state index is 3.67. The van der Waals surface area contributed by atoms with Gasteiger partial charge in [-0.1, -0.05) is 146 Å². The third kappa shape index (κ3) is 14.4. The van der Waals surface area contributed by atoms with E-state index in [1.54, 1.807) is 0 Å². The van der Waals surface area contributed by atoms with Crippen LogP contribution in [0.25, 0.3) is 11.1 Å². The van der Waals surface area contributed by atoms with E-state index in [4.69, 9.17) is 0 Å². The zero-order chi connectivity index (χ0) is 40.4. The molecule has 4 aromatic rings. The first-order valence-corrected chi connectivity index (χ1v) is 21.0. The Bertz CT molecular complexity index is 1660. The molecule has 53 heavy (non-hydrogen) atoms. The van der Waals surface area contributed by atoms with Crippen LogP contribution in [0.5, 0.6) is 0 Å². The second kappa shape index (κ2) is 19.6. The fraction of sp³-hybridized carbons (Fsp3) is 0.442. The Morgan fingerprint density at radius 1 is 0.623 bits per heavy atom. The van der Waals surface area contributed by atoms with Gasteiger partial charge < -0.3 is 0 Å². The summed E-state index contributed by atoms with van der Waals surface area (Å²) in [5.41, 5.74) is 14.8. The molecule has 6 rings (SSSR count). The average Bonchev–Trinajstić information content (AvgIpc) is 3.63. The molecule has 4 aromatic carbocycles. The molecule has 0 saturated carbocycles. The zero-order valence-corrected chi connectivity index (χ0v) is 38.6. The molecule has 0 nitrogen and oxygen atoms in total. The fourth-order valence-electron chi connectivity index (χ4n) is 6.29. The van der Waals surface area contributed by atoms with Gasteiger partial charge in [-0.3, -0.25) is 6.08 Å². The summed E-state index contributed by atoms with van der Waals surface area (Å²) in [6.07, 6.45) is 6.70. The topological polar surface area (TPSA) is 0 Å². The van der Waals surface area contributed by atoms with Crippen LogP contribution in [0.1, 0.15) is 144 Å². The molecule has 0 saturated heterocycles. The molecule has 0 aliphatic heterocycles. The van der Waals surface area contributed by atoms with Crippen LogP contribution in [0, 0.1) is 36.1 Å². The first kappa shape index (κ1) is 46.3. The van der Waals surface area contributed by atoms with Crippen molar-refractivity contribution < 1.29 is 24.2 Å². The number of fused-ring (bicyclic) bond motifs is 3. The first-order valence-electron chi connectivity index (χ1n) is 19.3. The van der Waals surface area contributed by atoms with E-state index in [2.05, 4.69) is 200 Å². The van der Waals surface area contributed by atoms with Gasteiger partial charge in [0.25, 0.3) is 0 Å². The Labute approximate surface area is 342 Å². The number of hydrogen-bond acceptors (Lipinski definition) is 0. The van der Waals surface area contributed by atoms with Crippen molar-refractivity contribution in [1.29, 1.82) is 0 Å². The summed E-state index contributed by atoms with van der Waals surface area (Å²) in [5.74, 6) is 1.20. The van der Waals surface area contributed by atoms with Crippen molar-refractivity contribution in [3.05, 3.63) is 154 Å². The molecule has 0 heterocycles. The summed E-state index contributed by atoms with van der Waals surface area (Å²) < 4.78 is 3.34. The number of hydrogen-bond donors (Lipinski definition) is 0. The maximum atomic E-state index is 3.67. The van der Waals surface area contributed by atoms with E-state index in [9.17, 15) is 0 Å². The van der Waals surface area contributed by atoms with Crippen molar-refractivity contribution in [1.82, 2.24) is 0 Å². The molecule has 1 unspecified atom stereocenters. The van der Waals surface area contributed by atoms with E-state index in [-0.39, 0.29) is 21.7 Å². The molecule has 0 fully saturated rings. The summed E-state index contributed by atoms with van der Waals surface area (Å²) in [6, 6.07) is 37.5. The molecule has 0 bridgehead atoms. The van der Waals surface area contributed by atoms with E-state index >= 15 is 0 Å². The van der Waals surface area contributed by atoms with Crippen LogP contribution in [-0.4, -0.2) is 4.21 Å². The molecular weight excluding hydrogens is 716 g/mol. The van der Waals surface area contributed by atoms with Crippen molar-refractivity contribution in [3.63, 3.8) is 0 Å². The summed E-state index contributed by atoms with van der Waals surface area (Å²) >= 11 is 1.30. The third-order valence-corrected chi connectivity index (χ3v) is 9.56. The van der Waals surface area contributed by atoms with E-state index in [0.29, 0.717) is 11.8 Å². The Morgan fingerprint density at radius 3 is 1.42 bits per heavy atom. The molecule has 2 aliphatic carbocycles. The van der Waals surface area contributed by atoms with Crippen LogP contribution in [0.2, 0.25) is 0 Å². The fourth-order valence-corrected chi connectivity index (χ4v) is 6.29. The summed E-state index contributed by atoms with van der Waals surface area (Å²) in [7, 11) is 0. The molecule has 0 N–H and O–H groups in total. The Balaban J connectivity index is 0.000000258.